The number of phenols is 2. The van der Waals surface area contributed by atoms with Crippen molar-refractivity contribution in [2.45, 2.75) is 23.8 Å². The number of rotatable bonds is 2. The number of ether oxygens (including phenoxy) is 1. The Bertz CT molecular complexity index is 1070. The fraction of sp³-hybridized carbons (Fsp3) is 0.182. The molecule has 3 atom stereocenters. The average Bonchev–Trinajstić information content (AvgIpc) is 2.69. The molecule has 3 aromatic carbocycles. The first kappa shape index (κ1) is 20.8. The molecule has 0 spiro atoms. The molecule has 3 N–H and O–H groups in total. The number of hydrogen-bond acceptors (Lipinski definition) is 4. The van der Waals surface area contributed by atoms with Gasteiger partial charge in [0.15, 0.2) is 5.60 Å². The van der Waals surface area contributed by atoms with Crippen LogP contribution in [0.25, 0.3) is 0 Å². The molecule has 3 aromatic rings. The molecule has 0 saturated carbocycles. The Labute approximate surface area is 183 Å². The molecule has 0 bridgehead atoms. The summed E-state index contributed by atoms with van der Waals surface area (Å²) < 4.78 is 50.3. The molecule has 1 aliphatic rings. The zero-order valence-electron chi connectivity index (χ0n) is 15.3. The fourth-order valence-electron chi connectivity index (χ4n) is 3.85. The second kappa shape index (κ2) is 7.35. The Kier molecular flexibility index (Phi) is 5.09. The number of benzene rings is 3. The van der Waals surface area contributed by atoms with Crippen LogP contribution in [0.4, 0.5) is 13.2 Å². The van der Waals surface area contributed by atoms with Crippen LogP contribution in [0.15, 0.2) is 66.7 Å². The van der Waals surface area contributed by atoms with Crippen LogP contribution in [0.1, 0.15) is 28.7 Å². The third-order valence-electron chi connectivity index (χ3n) is 5.26. The molecule has 0 radical (unpaired) electrons. The Morgan fingerprint density at radius 3 is 2.00 bits per heavy atom. The van der Waals surface area contributed by atoms with Crippen LogP contribution in [-0.4, -0.2) is 21.5 Å². The van der Waals surface area contributed by atoms with Crippen molar-refractivity contribution in [1.82, 2.24) is 0 Å². The molecule has 0 amide bonds. The van der Waals surface area contributed by atoms with Crippen molar-refractivity contribution in [1.29, 1.82) is 0 Å². The van der Waals surface area contributed by atoms with Crippen LogP contribution >= 0.6 is 22.6 Å². The van der Waals surface area contributed by atoms with Gasteiger partial charge in [-0.2, -0.15) is 13.2 Å². The molecule has 1 aliphatic heterocycles. The lowest BCUT2D eigenvalue weighted by atomic mass is 9.70. The smallest absolute Gasteiger partial charge is 0.422 e. The number of phenolic OH excluding ortho intramolecular Hbond substituents is 2. The molecule has 0 aliphatic carbocycles. The molecule has 4 nitrogen and oxygen atoms in total. The molecular weight excluding hydrogens is 512 g/mol. The zero-order valence-corrected chi connectivity index (χ0v) is 17.4. The van der Waals surface area contributed by atoms with Gasteiger partial charge in [0.05, 0.1) is 5.92 Å². The Morgan fingerprint density at radius 2 is 1.40 bits per heavy atom. The summed E-state index contributed by atoms with van der Waals surface area (Å²) >= 11 is 2.09. The molecule has 0 aromatic heterocycles. The normalized spacial score (nSPS) is 23.5. The molecule has 30 heavy (non-hydrogen) atoms. The molecular formula is C22H16F3IO4. The maximum atomic E-state index is 14.5. The fourth-order valence-corrected chi connectivity index (χ4v) is 4.21. The minimum Gasteiger partial charge on any atom is -0.508 e. The molecule has 1 heterocycles. The van der Waals surface area contributed by atoms with E-state index in [1.807, 2.05) is 0 Å². The third-order valence-corrected chi connectivity index (χ3v) is 5.98. The van der Waals surface area contributed by atoms with Crippen LogP contribution < -0.4 is 4.74 Å². The zero-order chi connectivity index (χ0) is 21.7. The molecule has 156 valence electrons. The molecule has 8 heteroatoms. The van der Waals surface area contributed by atoms with Crippen molar-refractivity contribution in [3.63, 3.8) is 0 Å². The van der Waals surface area contributed by atoms with Crippen LogP contribution in [-0.2, 0) is 5.60 Å². The van der Waals surface area contributed by atoms with Gasteiger partial charge in [0.25, 0.3) is 0 Å². The topological polar surface area (TPSA) is 69.9 Å². The van der Waals surface area contributed by atoms with Crippen molar-refractivity contribution in [2.75, 3.05) is 0 Å². The van der Waals surface area contributed by atoms with Gasteiger partial charge in [0.1, 0.15) is 23.4 Å². The Balaban J connectivity index is 2.01. The highest BCUT2D eigenvalue weighted by Crippen LogP contribution is 2.60. The number of alkyl halides is 3. The van der Waals surface area contributed by atoms with E-state index in [0.717, 1.165) is 9.64 Å². The van der Waals surface area contributed by atoms with Gasteiger partial charge in [-0.25, -0.2) is 0 Å². The van der Waals surface area contributed by atoms with E-state index in [0.29, 0.717) is 5.56 Å². The number of halogens is 4. The number of aliphatic hydroxyl groups is 1. The third kappa shape index (κ3) is 3.37. The van der Waals surface area contributed by atoms with Crippen molar-refractivity contribution in [3.8, 4) is 17.2 Å². The molecule has 0 saturated heterocycles. The Hall–Kier alpha value is -2.46. The summed E-state index contributed by atoms with van der Waals surface area (Å²) in [7, 11) is 0. The minimum absolute atomic E-state index is 0.116. The molecule has 3 unspecified atom stereocenters. The first-order chi connectivity index (χ1) is 14.1. The highest BCUT2D eigenvalue weighted by Gasteiger charge is 2.65. The van der Waals surface area contributed by atoms with Crippen LogP contribution in [0.5, 0.6) is 17.2 Å². The highest BCUT2D eigenvalue weighted by atomic mass is 127. The summed E-state index contributed by atoms with van der Waals surface area (Å²) in [4.78, 5) is 0. The van der Waals surface area contributed by atoms with E-state index >= 15 is 0 Å². The van der Waals surface area contributed by atoms with Crippen molar-refractivity contribution in [3.05, 3.63) is 87.0 Å². The maximum Gasteiger partial charge on any atom is 0.422 e. The van der Waals surface area contributed by atoms with Crippen molar-refractivity contribution < 1.29 is 33.2 Å². The van der Waals surface area contributed by atoms with E-state index in [9.17, 15) is 28.5 Å². The Morgan fingerprint density at radius 1 is 0.833 bits per heavy atom. The second-order valence-electron chi connectivity index (χ2n) is 7.10. The van der Waals surface area contributed by atoms with Gasteiger partial charge in [0.2, 0.25) is 0 Å². The summed E-state index contributed by atoms with van der Waals surface area (Å²) in [5, 5.41) is 30.7. The predicted molar refractivity (Wildman–Crippen MR) is 111 cm³/mol. The van der Waals surface area contributed by atoms with E-state index in [4.69, 9.17) is 4.74 Å². The average molecular weight is 528 g/mol. The van der Waals surface area contributed by atoms with E-state index < -0.39 is 35.1 Å². The van der Waals surface area contributed by atoms with E-state index in [2.05, 4.69) is 22.6 Å². The first-order valence-corrected chi connectivity index (χ1v) is 10.0. The standard InChI is InChI=1S/C22H16F3IO4/c23-22(24,25)21(29)17-11-16(28)9-10-18(17)30-20(13-1-5-14(26)6-2-13)19(21)12-3-7-15(27)8-4-12/h1-11,19-20,27-29H. The lowest BCUT2D eigenvalue weighted by Crippen LogP contribution is -2.52. The van der Waals surface area contributed by atoms with Crippen molar-refractivity contribution in [2.24, 2.45) is 0 Å². The van der Waals surface area contributed by atoms with Gasteiger partial charge in [-0.15, -0.1) is 0 Å². The first-order valence-electron chi connectivity index (χ1n) is 8.95. The number of aromatic hydroxyl groups is 2. The second-order valence-corrected chi connectivity index (χ2v) is 8.35. The van der Waals surface area contributed by atoms with E-state index in [1.54, 1.807) is 24.3 Å². The van der Waals surface area contributed by atoms with Gasteiger partial charge < -0.3 is 20.1 Å². The predicted octanol–water partition coefficient (Wildman–Crippen LogP) is 5.37. The van der Waals surface area contributed by atoms with Gasteiger partial charge >= 0.3 is 6.18 Å². The lowest BCUT2D eigenvalue weighted by Gasteiger charge is -2.46. The van der Waals surface area contributed by atoms with Gasteiger partial charge in [-0.1, -0.05) is 24.3 Å². The number of fused-ring (bicyclic) bond motifs is 1. The maximum absolute atomic E-state index is 14.5. The van der Waals surface area contributed by atoms with Crippen LogP contribution in [0, 0.1) is 3.57 Å². The molecule has 0 fully saturated rings. The van der Waals surface area contributed by atoms with Crippen molar-refractivity contribution >= 4 is 22.6 Å². The minimum atomic E-state index is -5.08. The van der Waals surface area contributed by atoms with Gasteiger partial charge in [-0.05, 0) is 76.2 Å². The summed E-state index contributed by atoms with van der Waals surface area (Å²) in [6.45, 7) is 0. The van der Waals surface area contributed by atoms with Gasteiger partial charge in [-0.3, -0.25) is 0 Å². The van der Waals surface area contributed by atoms with Crippen LogP contribution in [0.3, 0.4) is 0 Å². The largest absolute Gasteiger partial charge is 0.508 e. The van der Waals surface area contributed by atoms with Gasteiger partial charge in [0, 0.05) is 9.13 Å². The summed E-state index contributed by atoms with van der Waals surface area (Å²) in [6.07, 6.45) is -6.25. The highest BCUT2D eigenvalue weighted by molar-refractivity contribution is 14.1. The summed E-state index contributed by atoms with van der Waals surface area (Å²) in [6, 6.07) is 15.3. The molecule has 4 rings (SSSR count). The quantitative estimate of drug-likeness (QED) is 0.392. The summed E-state index contributed by atoms with van der Waals surface area (Å²) in [5.74, 6) is -2.29. The number of hydrogen-bond donors (Lipinski definition) is 3. The van der Waals surface area contributed by atoms with E-state index in [-0.39, 0.29) is 17.1 Å². The monoisotopic (exact) mass is 528 g/mol. The SMILES string of the molecule is Oc1ccc(C2C(c3ccc(I)cc3)Oc3ccc(O)cc3C2(O)C(F)(F)F)cc1. The van der Waals surface area contributed by atoms with Crippen LogP contribution in [0.2, 0.25) is 0 Å². The lowest BCUT2D eigenvalue weighted by molar-refractivity contribution is -0.288. The summed E-state index contributed by atoms with van der Waals surface area (Å²) in [5.41, 5.74) is -3.32. The van der Waals surface area contributed by atoms with E-state index in [1.165, 1.54) is 36.4 Å².